The van der Waals surface area contributed by atoms with Crippen molar-refractivity contribution in [1.29, 1.82) is 0 Å². The summed E-state index contributed by atoms with van der Waals surface area (Å²) in [5, 5.41) is 5.59. The Morgan fingerprint density at radius 2 is 1.86 bits per heavy atom. The van der Waals surface area contributed by atoms with Gasteiger partial charge < -0.3 is 20.4 Å². The second-order valence-corrected chi connectivity index (χ2v) is 9.50. The lowest BCUT2D eigenvalue weighted by Gasteiger charge is -2.23. The van der Waals surface area contributed by atoms with Crippen LogP contribution in [0.5, 0.6) is 0 Å². The van der Waals surface area contributed by atoms with Crippen LogP contribution in [0.4, 0.5) is 34.8 Å². The number of aromatic amines is 1. The van der Waals surface area contributed by atoms with Gasteiger partial charge in [0.05, 0.1) is 11.4 Å². The summed E-state index contributed by atoms with van der Waals surface area (Å²) in [5.74, 6) is -5.56. The van der Waals surface area contributed by atoms with Gasteiger partial charge in [-0.15, -0.1) is 11.8 Å². The van der Waals surface area contributed by atoms with Crippen LogP contribution in [0.25, 0.3) is 11.2 Å². The van der Waals surface area contributed by atoms with E-state index in [-0.39, 0.29) is 17.0 Å². The molecule has 1 atom stereocenters. The molecule has 12 heteroatoms. The van der Waals surface area contributed by atoms with Crippen molar-refractivity contribution < 1.29 is 27.1 Å². The fourth-order valence-corrected chi connectivity index (χ4v) is 4.82. The monoisotopic (exact) mass is 539 g/mol. The number of imidazole rings is 1. The van der Waals surface area contributed by atoms with Crippen molar-refractivity contribution in [3.05, 3.63) is 35.7 Å². The van der Waals surface area contributed by atoms with E-state index >= 15 is 0 Å². The number of nitrogens with zero attached hydrogens (tertiary/aromatic N) is 2. The standard InChI is InChI=1S/C23H23F4N5O2S.C2H6/c1-35-16-8-12(11-4-6-34-7-5-11)2-3-14(16)28-15-9-17(30-22(33)13-10-23(13,26)27)29-20-18(15)31-21(32-20)19(24)25;1-2/h2-3,8-9,11,13,19H,4-7,10H2,1H3,(H3,28,29,30,31,32,33);1-2H3. The first-order valence-corrected chi connectivity index (χ1v) is 13.4. The SMILES string of the molecule is CC.CSc1cc(C2CCOCC2)ccc1Nc1cc(NC(=O)C2CC2(F)F)nc2nc(C(F)F)[nH]c12. The van der Waals surface area contributed by atoms with Crippen molar-refractivity contribution in [3.8, 4) is 0 Å². The number of fused-ring (bicyclic) bond motifs is 1. The molecule has 7 nitrogen and oxygen atoms in total. The molecule has 200 valence electrons. The molecule has 1 aliphatic carbocycles. The second kappa shape index (κ2) is 11.3. The fourth-order valence-electron chi connectivity index (χ4n) is 4.22. The van der Waals surface area contributed by atoms with Gasteiger partial charge in [0, 0.05) is 30.6 Å². The largest absolute Gasteiger partial charge is 0.381 e. The lowest BCUT2D eigenvalue weighted by molar-refractivity contribution is -0.119. The number of amides is 1. The van der Waals surface area contributed by atoms with E-state index in [9.17, 15) is 22.4 Å². The van der Waals surface area contributed by atoms with Crippen LogP contribution in [0, 0.1) is 5.92 Å². The van der Waals surface area contributed by atoms with E-state index in [1.54, 1.807) is 0 Å². The number of carbonyl (C=O) groups is 1. The molecular weight excluding hydrogens is 510 g/mol. The smallest absolute Gasteiger partial charge is 0.295 e. The van der Waals surface area contributed by atoms with Crippen LogP contribution < -0.4 is 10.6 Å². The van der Waals surface area contributed by atoms with Gasteiger partial charge >= 0.3 is 0 Å². The highest BCUT2D eigenvalue weighted by atomic mass is 32.2. The molecule has 3 heterocycles. The highest BCUT2D eigenvalue weighted by molar-refractivity contribution is 7.98. The zero-order chi connectivity index (χ0) is 26.7. The van der Waals surface area contributed by atoms with Crippen LogP contribution >= 0.6 is 11.8 Å². The van der Waals surface area contributed by atoms with E-state index in [4.69, 9.17) is 4.74 Å². The van der Waals surface area contributed by atoms with Gasteiger partial charge in [0.25, 0.3) is 12.3 Å². The Balaban J connectivity index is 0.00000156. The Bertz CT molecular complexity index is 1260. The molecular formula is C25H29F4N5O2S. The lowest BCUT2D eigenvalue weighted by Crippen LogP contribution is -2.18. The number of thioether (sulfide) groups is 1. The molecule has 1 aromatic carbocycles. The molecule has 1 amide bonds. The highest BCUT2D eigenvalue weighted by Gasteiger charge is 2.61. The number of halogens is 4. The molecule has 1 unspecified atom stereocenters. The predicted molar refractivity (Wildman–Crippen MR) is 136 cm³/mol. The molecule has 2 fully saturated rings. The van der Waals surface area contributed by atoms with Gasteiger partial charge in [-0.05, 0) is 42.7 Å². The maximum atomic E-state index is 13.3. The van der Waals surface area contributed by atoms with E-state index in [1.165, 1.54) is 23.4 Å². The molecule has 1 saturated carbocycles. The molecule has 0 radical (unpaired) electrons. The first kappa shape index (κ1) is 27.2. The van der Waals surface area contributed by atoms with Crippen LogP contribution in [0.1, 0.15) is 56.8 Å². The number of anilines is 3. The van der Waals surface area contributed by atoms with Crippen molar-refractivity contribution in [3.63, 3.8) is 0 Å². The summed E-state index contributed by atoms with van der Waals surface area (Å²) < 4.78 is 58.7. The average molecular weight is 540 g/mol. The molecule has 3 aromatic rings. The fraction of sp³-hybridized carbons (Fsp3) is 0.480. The average Bonchev–Trinajstić information content (AvgIpc) is 3.32. The number of nitrogens with one attached hydrogen (secondary N) is 3. The highest BCUT2D eigenvalue weighted by Crippen LogP contribution is 2.49. The van der Waals surface area contributed by atoms with Gasteiger partial charge in [-0.2, -0.15) is 0 Å². The Hall–Kier alpha value is -2.86. The number of H-pyrrole nitrogens is 1. The molecule has 37 heavy (non-hydrogen) atoms. The third kappa shape index (κ3) is 6.01. The summed E-state index contributed by atoms with van der Waals surface area (Å²) in [6.07, 6.45) is 0.433. The Morgan fingerprint density at radius 3 is 2.49 bits per heavy atom. The first-order chi connectivity index (χ1) is 17.7. The third-order valence-electron chi connectivity index (χ3n) is 6.27. The van der Waals surface area contributed by atoms with Gasteiger partial charge in [-0.3, -0.25) is 4.79 Å². The second-order valence-electron chi connectivity index (χ2n) is 8.65. The molecule has 0 bridgehead atoms. The van der Waals surface area contributed by atoms with Crippen LogP contribution in [-0.4, -0.2) is 46.3 Å². The Labute approximate surface area is 216 Å². The van der Waals surface area contributed by atoms with Gasteiger partial charge in [0.15, 0.2) is 11.5 Å². The van der Waals surface area contributed by atoms with E-state index in [0.717, 1.165) is 36.6 Å². The van der Waals surface area contributed by atoms with Gasteiger partial charge in [0.2, 0.25) is 5.91 Å². The number of hydrogen-bond donors (Lipinski definition) is 3. The number of pyridine rings is 1. The lowest BCUT2D eigenvalue weighted by atomic mass is 9.91. The quantitative estimate of drug-likeness (QED) is 0.224. The first-order valence-electron chi connectivity index (χ1n) is 12.2. The van der Waals surface area contributed by atoms with Gasteiger partial charge in [-0.1, -0.05) is 19.9 Å². The minimum absolute atomic E-state index is 0.0513. The minimum atomic E-state index is -3.04. The Kier molecular flexibility index (Phi) is 8.27. The summed E-state index contributed by atoms with van der Waals surface area (Å²) in [7, 11) is 0. The Morgan fingerprint density at radius 1 is 1.16 bits per heavy atom. The normalized spacial score (nSPS) is 18.9. The number of aromatic nitrogens is 3. The summed E-state index contributed by atoms with van der Waals surface area (Å²) in [6.45, 7) is 5.45. The zero-order valence-electron chi connectivity index (χ0n) is 20.7. The number of carbonyl (C=O) groups excluding carboxylic acids is 1. The van der Waals surface area contributed by atoms with E-state index in [2.05, 4.69) is 31.7 Å². The summed E-state index contributed by atoms with van der Waals surface area (Å²) in [6, 6.07) is 7.45. The number of alkyl halides is 4. The number of ether oxygens (including phenoxy) is 1. The zero-order valence-corrected chi connectivity index (χ0v) is 21.5. The maximum Gasteiger partial charge on any atom is 0.295 e. The minimum Gasteiger partial charge on any atom is -0.381 e. The molecule has 5 rings (SSSR count). The number of rotatable bonds is 7. The molecule has 3 N–H and O–H groups in total. The topological polar surface area (TPSA) is 91.9 Å². The van der Waals surface area contributed by atoms with E-state index in [1.807, 2.05) is 32.2 Å². The van der Waals surface area contributed by atoms with Gasteiger partial charge in [0.1, 0.15) is 17.3 Å². The molecule has 2 aliphatic rings. The van der Waals surface area contributed by atoms with Crippen LogP contribution in [0.15, 0.2) is 29.2 Å². The molecule has 1 saturated heterocycles. The third-order valence-corrected chi connectivity index (χ3v) is 7.05. The maximum absolute atomic E-state index is 13.3. The summed E-state index contributed by atoms with van der Waals surface area (Å²) in [5.41, 5.74) is 2.41. The van der Waals surface area contributed by atoms with Crippen molar-refractivity contribution >= 4 is 46.0 Å². The van der Waals surface area contributed by atoms with Crippen molar-refractivity contribution in [2.75, 3.05) is 30.1 Å². The molecule has 0 spiro atoms. The predicted octanol–water partition coefficient (Wildman–Crippen LogP) is 6.87. The van der Waals surface area contributed by atoms with Gasteiger partial charge in [-0.25, -0.2) is 27.5 Å². The summed E-state index contributed by atoms with van der Waals surface area (Å²) >= 11 is 1.53. The van der Waals surface area contributed by atoms with Crippen LogP contribution in [0.3, 0.4) is 0 Å². The van der Waals surface area contributed by atoms with E-state index < -0.39 is 36.4 Å². The van der Waals surface area contributed by atoms with Crippen LogP contribution in [-0.2, 0) is 9.53 Å². The van der Waals surface area contributed by atoms with Crippen molar-refractivity contribution in [2.45, 2.75) is 56.3 Å². The number of benzene rings is 1. The van der Waals surface area contributed by atoms with E-state index in [0.29, 0.717) is 11.6 Å². The van der Waals surface area contributed by atoms with Crippen LogP contribution in [0.2, 0.25) is 0 Å². The molecule has 2 aromatic heterocycles. The van der Waals surface area contributed by atoms with Crippen molar-refractivity contribution in [2.24, 2.45) is 5.92 Å². The summed E-state index contributed by atoms with van der Waals surface area (Å²) in [4.78, 5) is 23.6. The number of hydrogen-bond acceptors (Lipinski definition) is 6. The van der Waals surface area contributed by atoms with Crippen molar-refractivity contribution in [1.82, 2.24) is 15.0 Å². The molecule has 1 aliphatic heterocycles.